The Kier molecular flexibility index (Phi) is 5.63. The maximum Gasteiger partial charge on any atom is 0.422 e. The molecule has 2 fully saturated rings. The first kappa shape index (κ1) is 21.9. The van der Waals surface area contributed by atoms with Crippen LogP contribution in [0.25, 0.3) is 0 Å². The Balaban J connectivity index is 1.64. The van der Waals surface area contributed by atoms with Crippen LogP contribution in [0.15, 0.2) is 24.3 Å². The van der Waals surface area contributed by atoms with E-state index in [1.165, 1.54) is 12.1 Å². The number of aliphatic hydroxyl groups is 1. The Hall–Kier alpha value is -1.81. The van der Waals surface area contributed by atoms with Gasteiger partial charge in [0.05, 0.1) is 16.8 Å². The van der Waals surface area contributed by atoms with Gasteiger partial charge in [0.2, 0.25) is 5.91 Å². The quantitative estimate of drug-likeness (QED) is 0.769. The first-order chi connectivity index (χ1) is 13.3. The number of alkyl halides is 3. The number of anilines is 1. The predicted octanol–water partition coefficient (Wildman–Crippen LogP) is 2.70. The molecule has 10 heteroatoms. The molecule has 0 radical (unpaired) electrons. The molecule has 0 unspecified atom stereocenters. The number of hydrogen-bond donors (Lipinski definition) is 1. The van der Waals surface area contributed by atoms with E-state index in [1.54, 1.807) is 17.0 Å². The normalized spacial score (nSPS) is 28.2. The molecule has 29 heavy (non-hydrogen) atoms. The van der Waals surface area contributed by atoms with E-state index >= 15 is 0 Å². The number of sulfone groups is 1. The van der Waals surface area contributed by atoms with Gasteiger partial charge in [-0.05, 0) is 56.4 Å². The zero-order valence-corrected chi connectivity index (χ0v) is 16.9. The minimum atomic E-state index is -4.42. The molecule has 162 valence electrons. The number of carbonyl (C=O) groups is 1. The van der Waals surface area contributed by atoms with Gasteiger partial charge in [-0.2, -0.15) is 13.2 Å². The maximum atomic E-state index is 13.1. The van der Waals surface area contributed by atoms with Crippen molar-refractivity contribution in [3.05, 3.63) is 24.3 Å². The lowest BCUT2D eigenvalue weighted by atomic mass is 9.68. The van der Waals surface area contributed by atoms with Crippen LogP contribution >= 0.6 is 0 Å². The van der Waals surface area contributed by atoms with Crippen LogP contribution in [0.1, 0.15) is 32.1 Å². The number of amides is 1. The lowest BCUT2D eigenvalue weighted by Gasteiger charge is -2.40. The molecule has 1 aromatic rings. The van der Waals surface area contributed by atoms with Crippen LogP contribution in [-0.2, 0) is 14.6 Å². The summed E-state index contributed by atoms with van der Waals surface area (Å²) in [5.41, 5.74) is -1.36. The van der Waals surface area contributed by atoms with Crippen LogP contribution in [-0.4, -0.2) is 56.4 Å². The van der Waals surface area contributed by atoms with Crippen molar-refractivity contribution >= 4 is 21.4 Å². The summed E-state index contributed by atoms with van der Waals surface area (Å²) in [6.07, 6.45) is -1.46. The van der Waals surface area contributed by atoms with Crippen LogP contribution in [0, 0.1) is 5.41 Å². The molecule has 2 aliphatic rings. The van der Waals surface area contributed by atoms with E-state index in [-0.39, 0.29) is 30.3 Å². The Morgan fingerprint density at radius 1 is 1.10 bits per heavy atom. The third kappa shape index (κ3) is 5.22. The molecule has 1 N–H and O–H groups in total. The summed E-state index contributed by atoms with van der Waals surface area (Å²) in [5.74, 6) is -0.341. The number of halogens is 3. The van der Waals surface area contributed by atoms with Crippen molar-refractivity contribution in [2.24, 2.45) is 5.41 Å². The van der Waals surface area contributed by atoms with Crippen LogP contribution < -0.4 is 9.64 Å². The maximum absolute atomic E-state index is 13.1. The zero-order chi connectivity index (χ0) is 21.5. The number of benzene rings is 1. The Bertz CT molecular complexity index is 859. The van der Waals surface area contributed by atoms with Crippen molar-refractivity contribution in [2.75, 3.05) is 30.1 Å². The number of nitrogens with zero attached hydrogens (tertiary/aromatic N) is 1. The Morgan fingerprint density at radius 3 is 2.21 bits per heavy atom. The average Bonchev–Trinajstić information content (AvgIpc) is 2.91. The van der Waals surface area contributed by atoms with Gasteiger partial charge in [-0.25, -0.2) is 8.42 Å². The average molecular weight is 435 g/mol. The first-order valence-corrected chi connectivity index (χ1v) is 11.4. The van der Waals surface area contributed by atoms with Crippen molar-refractivity contribution < 1.29 is 36.2 Å². The number of rotatable bonds is 5. The second-order valence-electron chi connectivity index (χ2n) is 8.18. The highest BCUT2D eigenvalue weighted by molar-refractivity contribution is 7.90. The van der Waals surface area contributed by atoms with E-state index in [0.29, 0.717) is 31.5 Å². The van der Waals surface area contributed by atoms with E-state index in [1.807, 2.05) is 0 Å². The van der Waals surface area contributed by atoms with Crippen molar-refractivity contribution in [2.45, 2.75) is 43.9 Å². The summed E-state index contributed by atoms with van der Waals surface area (Å²) >= 11 is 0. The fraction of sp³-hybridized carbons (Fsp3) is 0.632. The van der Waals surface area contributed by atoms with Crippen molar-refractivity contribution in [1.29, 1.82) is 0 Å². The molecule has 1 amide bonds. The summed E-state index contributed by atoms with van der Waals surface area (Å²) in [6, 6.07) is 5.88. The molecule has 0 aromatic heterocycles. The van der Waals surface area contributed by atoms with Crippen molar-refractivity contribution in [1.82, 2.24) is 0 Å². The topological polar surface area (TPSA) is 83.9 Å². The molecule has 1 aromatic carbocycles. The number of carbonyl (C=O) groups excluding carboxylic acids is 1. The summed E-state index contributed by atoms with van der Waals surface area (Å²) < 4.78 is 64.5. The highest BCUT2D eigenvalue weighted by Gasteiger charge is 2.52. The largest absolute Gasteiger partial charge is 0.484 e. The van der Waals surface area contributed by atoms with Gasteiger partial charge >= 0.3 is 6.18 Å². The van der Waals surface area contributed by atoms with E-state index in [2.05, 4.69) is 4.74 Å². The van der Waals surface area contributed by atoms with Gasteiger partial charge in [-0.3, -0.25) is 4.79 Å². The van der Waals surface area contributed by atoms with Crippen LogP contribution in [0.3, 0.4) is 0 Å². The third-order valence-electron chi connectivity index (χ3n) is 5.73. The molecule has 1 saturated carbocycles. The monoisotopic (exact) mass is 435 g/mol. The van der Waals surface area contributed by atoms with Gasteiger partial charge in [0.1, 0.15) is 15.6 Å². The van der Waals surface area contributed by atoms with Gasteiger partial charge in [0.15, 0.2) is 6.61 Å². The van der Waals surface area contributed by atoms with Gasteiger partial charge < -0.3 is 14.7 Å². The molecule has 6 nitrogen and oxygen atoms in total. The smallest absolute Gasteiger partial charge is 0.422 e. The van der Waals surface area contributed by atoms with Crippen molar-refractivity contribution in [3.63, 3.8) is 0 Å². The third-order valence-corrected chi connectivity index (χ3v) is 6.79. The fourth-order valence-corrected chi connectivity index (χ4v) is 5.51. The highest BCUT2D eigenvalue weighted by Crippen LogP contribution is 2.49. The SMILES string of the molecule is CS(=O)(=O)CC1(O)CCC2(CCN(c3ccc(OCC(F)(F)F)cc3)C2=O)CC1. The Labute approximate surface area is 167 Å². The summed E-state index contributed by atoms with van der Waals surface area (Å²) in [5, 5.41) is 10.6. The molecule has 3 rings (SSSR count). The molecule has 1 aliphatic heterocycles. The molecule has 0 atom stereocenters. The zero-order valence-electron chi connectivity index (χ0n) is 16.0. The number of ether oxygens (including phenoxy) is 1. The highest BCUT2D eigenvalue weighted by atomic mass is 32.2. The second-order valence-corrected chi connectivity index (χ2v) is 10.3. The van der Waals surface area contributed by atoms with E-state index < -0.39 is 33.6 Å². The molecular formula is C19H24F3NO5S. The van der Waals surface area contributed by atoms with Crippen LogP contribution in [0.2, 0.25) is 0 Å². The lowest BCUT2D eigenvalue weighted by Crippen LogP contribution is -2.46. The molecule has 1 aliphatic carbocycles. The predicted molar refractivity (Wildman–Crippen MR) is 101 cm³/mol. The number of hydrogen-bond acceptors (Lipinski definition) is 5. The lowest BCUT2D eigenvalue weighted by molar-refractivity contribution is -0.153. The minimum absolute atomic E-state index is 0.0657. The summed E-state index contributed by atoms with van der Waals surface area (Å²) in [4.78, 5) is 14.7. The molecule has 1 spiro atoms. The van der Waals surface area contributed by atoms with Crippen LogP contribution in [0.5, 0.6) is 5.75 Å². The Morgan fingerprint density at radius 2 is 1.69 bits per heavy atom. The standard InChI is InChI=1S/C19H24F3NO5S/c1-29(26,27)13-18(25)8-6-17(7-9-18)10-11-23(16(17)24)14-2-4-15(5-3-14)28-12-19(20,21)22/h2-5,25H,6-13H2,1H3. The van der Waals surface area contributed by atoms with Gasteiger partial charge in [0.25, 0.3) is 0 Å². The van der Waals surface area contributed by atoms with Gasteiger partial charge in [-0.15, -0.1) is 0 Å². The minimum Gasteiger partial charge on any atom is -0.484 e. The molecule has 1 heterocycles. The van der Waals surface area contributed by atoms with E-state index in [9.17, 15) is 31.5 Å². The van der Waals surface area contributed by atoms with E-state index in [4.69, 9.17) is 0 Å². The summed E-state index contributed by atoms with van der Waals surface area (Å²) in [7, 11) is -3.33. The van der Waals surface area contributed by atoms with Gasteiger partial charge in [0, 0.05) is 18.5 Å². The molecule has 1 saturated heterocycles. The van der Waals surface area contributed by atoms with Crippen LogP contribution in [0.4, 0.5) is 18.9 Å². The fourth-order valence-electron chi connectivity index (χ4n) is 4.24. The molecule has 0 bridgehead atoms. The van der Waals surface area contributed by atoms with Gasteiger partial charge in [-0.1, -0.05) is 0 Å². The summed E-state index contributed by atoms with van der Waals surface area (Å²) in [6.45, 7) is -0.916. The first-order valence-electron chi connectivity index (χ1n) is 9.33. The molecular weight excluding hydrogens is 411 g/mol. The van der Waals surface area contributed by atoms with E-state index in [0.717, 1.165) is 6.26 Å². The second kappa shape index (κ2) is 7.46. The van der Waals surface area contributed by atoms with Crippen molar-refractivity contribution in [3.8, 4) is 5.75 Å².